The predicted molar refractivity (Wildman–Crippen MR) is 189 cm³/mol. The minimum absolute atomic E-state index is 0.0431. The van der Waals surface area contributed by atoms with Crippen molar-refractivity contribution in [3.8, 4) is 6.19 Å². The van der Waals surface area contributed by atoms with Gasteiger partial charge in [0.2, 0.25) is 11.9 Å². The number of halogens is 2. The van der Waals surface area contributed by atoms with Crippen LogP contribution in [0.3, 0.4) is 0 Å². The Balaban J connectivity index is 1.19. The Hall–Kier alpha value is -4.35. The van der Waals surface area contributed by atoms with Crippen molar-refractivity contribution in [1.29, 1.82) is 5.26 Å². The lowest BCUT2D eigenvalue weighted by Gasteiger charge is -2.41. The molecule has 2 aromatic carbocycles. The largest absolute Gasteiger partial charge is 0.397 e. The zero-order valence-electron chi connectivity index (χ0n) is 25.8. The highest BCUT2D eigenvalue weighted by atomic mass is 79.9. The van der Waals surface area contributed by atoms with E-state index >= 15 is 0 Å². The molecule has 3 aliphatic heterocycles. The number of carbonyl (C=O) groups excluding carboxylic acids is 2. The maximum Gasteiger partial charge on any atom is 0.322 e. The molecule has 1 atom stereocenters. The number of urea groups is 1. The number of amides is 3. The van der Waals surface area contributed by atoms with Crippen LogP contribution in [0.15, 0.2) is 74.9 Å². The molecule has 0 radical (unpaired) electrons. The van der Waals surface area contributed by atoms with Gasteiger partial charge in [0.25, 0.3) is 0 Å². The number of benzene rings is 2. The molecule has 0 aliphatic carbocycles. The van der Waals surface area contributed by atoms with Crippen molar-refractivity contribution in [2.75, 3.05) is 55.2 Å². The van der Waals surface area contributed by atoms with Gasteiger partial charge in [0, 0.05) is 91.0 Å². The summed E-state index contributed by atoms with van der Waals surface area (Å²) < 4.78 is 1.45. The van der Waals surface area contributed by atoms with E-state index in [-0.39, 0.29) is 18.0 Å². The number of nitrogens with zero attached hydrogens (tertiary/aromatic N) is 7. The molecule has 14 heteroatoms. The number of carbonyl (C=O) groups is 2. The van der Waals surface area contributed by atoms with Crippen LogP contribution in [0.1, 0.15) is 24.0 Å². The lowest BCUT2D eigenvalue weighted by molar-refractivity contribution is -0.132. The van der Waals surface area contributed by atoms with Crippen LogP contribution in [0.5, 0.6) is 0 Å². The predicted octanol–water partition coefficient (Wildman–Crippen LogP) is 4.39. The van der Waals surface area contributed by atoms with Crippen molar-refractivity contribution in [2.45, 2.75) is 37.9 Å². The number of aromatic nitrogens is 1. The molecule has 0 bridgehead atoms. The second-order valence-corrected chi connectivity index (χ2v) is 13.5. The number of fused-ring (bicyclic) bond motifs is 1. The molecule has 244 valence electrons. The second-order valence-electron chi connectivity index (χ2n) is 11.8. The Morgan fingerprint density at radius 2 is 1.72 bits per heavy atom. The zero-order chi connectivity index (χ0) is 32.9. The zero-order valence-corrected chi connectivity index (χ0v) is 29.0. The number of anilines is 3. The van der Waals surface area contributed by atoms with Crippen LogP contribution in [0.2, 0.25) is 0 Å². The molecule has 6 rings (SSSR count). The Morgan fingerprint density at radius 1 is 1.04 bits per heavy atom. The van der Waals surface area contributed by atoms with Crippen molar-refractivity contribution >= 4 is 66.8 Å². The molecule has 3 aromatic rings. The minimum atomic E-state index is -0.775. The van der Waals surface area contributed by atoms with E-state index in [1.807, 2.05) is 69.4 Å². The average molecular weight is 765 g/mol. The topological polar surface area (TPSA) is 146 Å². The first-order valence-electron chi connectivity index (χ1n) is 15.6. The molecular weight excluding hydrogens is 728 g/mol. The lowest BCUT2D eigenvalue weighted by Crippen LogP contribution is -2.54. The molecule has 2 fully saturated rings. The number of piperidine rings is 1. The lowest BCUT2D eigenvalue weighted by atomic mass is 10.0. The summed E-state index contributed by atoms with van der Waals surface area (Å²) in [6.07, 6.45) is 7.30. The van der Waals surface area contributed by atoms with E-state index in [4.69, 9.17) is 10.7 Å². The number of nitrogen functional groups attached to an aromatic ring is 1. The molecule has 0 saturated carbocycles. The summed E-state index contributed by atoms with van der Waals surface area (Å²) in [4.78, 5) is 44.2. The standard InChI is InChI=1S/C33H36Br2N10O2/c34-26-17-22(18-27(35)30(26)37)19-29(31(46)43-15-13-42(14-16-43)24-5-9-38-10-6-24)40-32(39-21-36)44-11-7-25(8-12-44)45-20-23-3-1-2-4-28(23)41-33(45)47/h1-6,9-10,17-18,25,29H,7-8,11-16,19-20,37H2,(H,39,40)(H,41,47)/t29-/m0/s1. The number of guanidine groups is 1. The summed E-state index contributed by atoms with van der Waals surface area (Å²) in [5.41, 5.74) is 10.6. The van der Waals surface area contributed by atoms with Gasteiger partial charge in [-0.15, -0.1) is 0 Å². The van der Waals surface area contributed by atoms with Crippen LogP contribution in [0.25, 0.3) is 0 Å². The monoisotopic (exact) mass is 762 g/mol. The van der Waals surface area contributed by atoms with Crippen LogP contribution in [-0.4, -0.2) is 88.9 Å². The van der Waals surface area contributed by atoms with Crippen LogP contribution >= 0.6 is 31.9 Å². The van der Waals surface area contributed by atoms with Crippen molar-refractivity contribution in [3.05, 3.63) is 81.0 Å². The quantitative estimate of drug-likeness (QED) is 0.110. The van der Waals surface area contributed by atoms with Gasteiger partial charge in [0.1, 0.15) is 6.04 Å². The van der Waals surface area contributed by atoms with Gasteiger partial charge in [-0.2, -0.15) is 5.26 Å². The summed E-state index contributed by atoms with van der Waals surface area (Å²) in [6, 6.07) is 14.8. The van der Waals surface area contributed by atoms with Gasteiger partial charge in [0.05, 0.1) is 5.69 Å². The van der Waals surface area contributed by atoms with Gasteiger partial charge in [-0.25, -0.2) is 9.79 Å². The highest BCUT2D eigenvalue weighted by Gasteiger charge is 2.34. The number of para-hydroxylation sites is 1. The van der Waals surface area contributed by atoms with Gasteiger partial charge in [0.15, 0.2) is 6.19 Å². The number of likely N-dealkylation sites (tertiary alicyclic amines) is 1. The van der Waals surface area contributed by atoms with Crippen LogP contribution in [0, 0.1) is 11.5 Å². The van der Waals surface area contributed by atoms with E-state index in [2.05, 4.69) is 52.4 Å². The van der Waals surface area contributed by atoms with Gasteiger partial charge in [-0.3, -0.25) is 15.1 Å². The molecule has 4 heterocycles. The Kier molecular flexibility index (Phi) is 10.1. The van der Waals surface area contributed by atoms with Gasteiger partial charge >= 0.3 is 6.03 Å². The molecule has 3 aliphatic rings. The number of nitriles is 1. The molecule has 12 nitrogen and oxygen atoms in total. The Labute approximate surface area is 290 Å². The number of nitrogens with two attached hydrogens (primary N) is 1. The fourth-order valence-corrected chi connectivity index (χ4v) is 7.70. The Morgan fingerprint density at radius 3 is 2.40 bits per heavy atom. The summed E-state index contributed by atoms with van der Waals surface area (Å²) in [6.45, 7) is 4.20. The maximum atomic E-state index is 14.2. The smallest absolute Gasteiger partial charge is 0.322 e. The van der Waals surface area contributed by atoms with Crippen LogP contribution < -0.4 is 21.3 Å². The normalized spacial score (nSPS) is 17.9. The first kappa shape index (κ1) is 32.6. The highest BCUT2D eigenvalue weighted by molar-refractivity contribution is 9.11. The third kappa shape index (κ3) is 7.47. The van der Waals surface area contributed by atoms with Crippen molar-refractivity contribution in [3.63, 3.8) is 0 Å². The van der Waals surface area contributed by atoms with E-state index in [0.29, 0.717) is 76.7 Å². The Bertz CT molecular complexity index is 1660. The first-order valence-corrected chi connectivity index (χ1v) is 17.2. The number of piperazine rings is 1. The number of aliphatic imine (C=N–C) groups is 1. The van der Waals surface area contributed by atoms with Crippen LogP contribution in [0.4, 0.5) is 21.9 Å². The van der Waals surface area contributed by atoms with E-state index in [9.17, 15) is 14.9 Å². The molecule has 3 amide bonds. The van der Waals surface area contributed by atoms with Crippen LogP contribution in [-0.2, 0) is 17.8 Å². The third-order valence-electron chi connectivity index (χ3n) is 8.98. The van der Waals surface area contributed by atoms with Gasteiger partial charge in [-0.05, 0) is 86.2 Å². The molecule has 0 spiro atoms. The number of hydrogen-bond acceptors (Lipinski definition) is 7. The number of rotatable bonds is 6. The molecule has 2 saturated heterocycles. The molecule has 47 heavy (non-hydrogen) atoms. The fourth-order valence-electron chi connectivity index (χ4n) is 6.41. The average Bonchev–Trinajstić information content (AvgIpc) is 3.10. The maximum absolute atomic E-state index is 14.2. The van der Waals surface area contributed by atoms with E-state index in [1.54, 1.807) is 12.4 Å². The highest BCUT2D eigenvalue weighted by Crippen LogP contribution is 2.31. The van der Waals surface area contributed by atoms with E-state index < -0.39 is 6.04 Å². The fraction of sp³-hybridized carbons (Fsp3) is 0.364. The van der Waals surface area contributed by atoms with E-state index in [0.717, 1.165) is 31.4 Å². The summed E-state index contributed by atoms with van der Waals surface area (Å²) in [7, 11) is 0. The number of nitrogens with one attached hydrogen (secondary N) is 2. The summed E-state index contributed by atoms with van der Waals surface area (Å²) >= 11 is 7.05. The van der Waals surface area contributed by atoms with Gasteiger partial charge < -0.3 is 30.7 Å². The van der Waals surface area contributed by atoms with Crippen molar-refractivity contribution in [2.24, 2.45) is 4.99 Å². The number of hydrogen-bond donors (Lipinski definition) is 3. The van der Waals surface area contributed by atoms with Crippen molar-refractivity contribution < 1.29 is 9.59 Å². The summed E-state index contributed by atoms with van der Waals surface area (Å²) in [5, 5.41) is 15.5. The first-order chi connectivity index (χ1) is 22.8. The third-order valence-corrected chi connectivity index (χ3v) is 10.3. The minimum Gasteiger partial charge on any atom is -0.397 e. The number of pyridine rings is 1. The SMILES string of the molecule is N#CNC(=N[C@@H](Cc1cc(Br)c(N)c(Br)c1)C(=O)N1CCN(c2ccncc2)CC1)N1CCC(N2Cc3ccccc3NC2=O)CC1. The molecule has 1 aromatic heterocycles. The second kappa shape index (κ2) is 14.6. The molecular formula is C33H36Br2N10O2. The van der Waals surface area contributed by atoms with Gasteiger partial charge in [-0.1, -0.05) is 18.2 Å². The summed E-state index contributed by atoms with van der Waals surface area (Å²) in [5.74, 6) is 0.265. The van der Waals surface area contributed by atoms with E-state index in [1.165, 1.54) is 0 Å². The molecule has 0 unspecified atom stereocenters. The molecule has 4 N–H and O–H groups in total. The van der Waals surface area contributed by atoms with Crippen molar-refractivity contribution in [1.82, 2.24) is 25.0 Å².